The van der Waals surface area contributed by atoms with Crippen molar-refractivity contribution in [1.29, 1.82) is 0 Å². The smallest absolute Gasteiger partial charge is 0.271 e. The molecule has 0 amide bonds. The summed E-state index contributed by atoms with van der Waals surface area (Å²) in [4.78, 5) is 19.5. The minimum Gasteiger partial charge on any atom is -0.493 e. The lowest BCUT2D eigenvalue weighted by molar-refractivity contribution is 0.311. The molecule has 37 heavy (non-hydrogen) atoms. The minimum atomic E-state index is -0.336. The zero-order valence-corrected chi connectivity index (χ0v) is 21.3. The number of ether oxygens (including phenoxy) is 2. The van der Waals surface area contributed by atoms with Gasteiger partial charge in [0.25, 0.3) is 5.56 Å². The number of fused-ring (bicyclic) bond motifs is 3. The second-order valence-corrected chi connectivity index (χ2v) is 10.0. The van der Waals surface area contributed by atoms with Crippen LogP contribution in [0, 0.1) is 5.82 Å². The van der Waals surface area contributed by atoms with E-state index in [-0.39, 0.29) is 17.4 Å². The third kappa shape index (κ3) is 4.09. The number of hydrogen-bond donors (Lipinski definition) is 0. The molecule has 0 N–H and O–H groups in total. The fourth-order valence-corrected chi connectivity index (χ4v) is 6.17. The lowest BCUT2D eigenvalue weighted by atomic mass is 9.83. The number of aromatic nitrogens is 1. The number of hydrogen-bond acceptors (Lipinski definition) is 5. The monoisotopic (exact) mass is 512 g/mol. The maximum absolute atomic E-state index is 13.9. The first kappa shape index (κ1) is 23.4. The Kier molecular flexibility index (Phi) is 6.00. The maximum Gasteiger partial charge on any atom is 0.271 e. The lowest BCUT2D eigenvalue weighted by Gasteiger charge is -2.30. The van der Waals surface area contributed by atoms with Crippen molar-refractivity contribution in [1.82, 2.24) is 4.57 Å². The molecule has 0 saturated heterocycles. The maximum atomic E-state index is 13.9. The number of benzene rings is 3. The molecule has 2 heterocycles. The first-order chi connectivity index (χ1) is 18.1. The molecule has 0 fully saturated rings. The summed E-state index contributed by atoms with van der Waals surface area (Å²) in [6.07, 6.45) is 3.53. The van der Waals surface area contributed by atoms with Gasteiger partial charge in [-0.15, -0.1) is 0 Å². The van der Waals surface area contributed by atoms with Gasteiger partial charge in [0.05, 0.1) is 30.0 Å². The van der Waals surface area contributed by atoms with Crippen molar-refractivity contribution in [3.05, 3.63) is 120 Å². The number of aryl methyl sites for hydroxylation is 1. The molecule has 0 bridgehead atoms. The Hall–Kier alpha value is -3.97. The second-order valence-electron chi connectivity index (χ2n) is 9.01. The minimum absolute atomic E-state index is 0.114. The molecule has 1 aliphatic carbocycles. The highest BCUT2D eigenvalue weighted by molar-refractivity contribution is 7.07. The summed E-state index contributed by atoms with van der Waals surface area (Å²) in [5.74, 6) is 0.967. The van der Waals surface area contributed by atoms with Gasteiger partial charge in [0, 0.05) is 5.56 Å². The Bertz CT molecular complexity index is 1720. The molecule has 1 aromatic heterocycles. The van der Waals surface area contributed by atoms with Crippen molar-refractivity contribution < 1.29 is 13.9 Å². The highest BCUT2D eigenvalue weighted by Crippen LogP contribution is 2.41. The van der Waals surface area contributed by atoms with E-state index in [2.05, 4.69) is 12.1 Å². The molecular formula is C30H25FN2O3S. The Balaban J connectivity index is 1.56. The van der Waals surface area contributed by atoms with Crippen LogP contribution in [0.5, 0.6) is 11.5 Å². The number of methoxy groups -OCH3 is 1. The van der Waals surface area contributed by atoms with Crippen LogP contribution in [0.2, 0.25) is 0 Å². The lowest BCUT2D eigenvalue weighted by Crippen LogP contribution is -2.38. The number of rotatable bonds is 5. The summed E-state index contributed by atoms with van der Waals surface area (Å²) >= 11 is 1.37. The van der Waals surface area contributed by atoms with Crippen LogP contribution in [0.3, 0.4) is 0 Å². The summed E-state index contributed by atoms with van der Waals surface area (Å²) in [5.41, 5.74) is 5.96. The summed E-state index contributed by atoms with van der Waals surface area (Å²) in [5, 5.41) is 0. The molecule has 3 aromatic carbocycles. The van der Waals surface area contributed by atoms with Crippen LogP contribution < -0.4 is 24.4 Å². The van der Waals surface area contributed by atoms with E-state index in [1.807, 2.05) is 43.3 Å². The van der Waals surface area contributed by atoms with Gasteiger partial charge < -0.3 is 9.47 Å². The molecule has 5 nitrogen and oxygen atoms in total. The third-order valence-electron chi connectivity index (χ3n) is 6.84. The standard InChI is InChI=1S/C30H25FN2O3S/c1-3-36-25-16-18(8-15-24(25)35-2)17-26-29(34)33-28(20-9-12-21(31)13-10-20)23-14-11-19-6-4-5-7-22(19)27(23)32-30(33)37-26/h4-10,12-13,15-17,28H,3,11,14H2,1-2H3. The zero-order valence-electron chi connectivity index (χ0n) is 20.5. The molecule has 0 radical (unpaired) electrons. The summed E-state index contributed by atoms with van der Waals surface area (Å²) in [7, 11) is 1.60. The van der Waals surface area contributed by atoms with Gasteiger partial charge in [0.2, 0.25) is 0 Å². The Morgan fingerprint density at radius 3 is 2.68 bits per heavy atom. The highest BCUT2D eigenvalue weighted by Gasteiger charge is 2.32. The molecule has 0 spiro atoms. The molecule has 6 rings (SSSR count). The molecular weight excluding hydrogens is 487 g/mol. The first-order valence-electron chi connectivity index (χ1n) is 12.3. The Morgan fingerprint density at radius 1 is 1.08 bits per heavy atom. The van der Waals surface area contributed by atoms with E-state index in [0.29, 0.717) is 27.4 Å². The van der Waals surface area contributed by atoms with Gasteiger partial charge in [0.1, 0.15) is 5.82 Å². The molecule has 186 valence electrons. The van der Waals surface area contributed by atoms with Crippen molar-refractivity contribution in [2.75, 3.05) is 13.7 Å². The molecule has 1 unspecified atom stereocenters. The van der Waals surface area contributed by atoms with Crippen LogP contribution in [-0.4, -0.2) is 18.3 Å². The molecule has 0 saturated carbocycles. The molecule has 2 aliphatic rings. The second kappa shape index (κ2) is 9.48. The molecule has 1 aliphatic heterocycles. The van der Waals surface area contributed by atoms with E-state index in [4.69, 9.17) is 14.5 Å². The third-order valence-corrected chi connectivity index (χ3v) is 7.83. The predicted molar refractivity (Wildman–Crippen MR) is 143 cm³/mol. The number of allylic oxidation sites excluding steroid dienone is 1. The van der Waals surface area contributed by atoms with E-state index in [9.17, 15) is 9.18 Å². The average molecular weight is 513 g/mol. The summed E-state index contributed by atoms with van der Waals surface area (Å²) in [6, 6.07) is 20.0. The average Bonchev–Trinajstić information content (AvgIpc) is 3.22. The van der Waals surface area contributed by atoms with Crippen LogP contribution in [0.25, 0.3) is 11.8 Å². The topological polar surface area (TPSA) is 52.8 Å². The highest BCUT2D eigenvalue weighted by atomic mass is 32.1. The molecule has 1 atom stereocenters. The van der Waals surface area contributed by atoms with Crippen LogP contribution in [0.15, 0.2) is 82.1 Å². The van der Waals surface area contributed by atoms with Gasteiger partial charge in [-0.25, -0.2) is 9.38 Å². The molecule has 7 heteroatoms. The van der Waals surface area contributed by atoms with Crippen molar-refractivity contribution in [3.63, 3.8) is 0 Å². The first-order valence-corrected chi connectivity index (χ1v) is 13.1. The zero-order chi connectivity index (χ0) is 25.5. The normalized spacial score (nSPS) is 16.5. The number of halogens is 1. The number of nitrogens with zero attached hydrogens (tertiary/aromatic N) is 2. The van der Waals surface area contributed by atoms with Crippen molar-refractivity contribution in [2.24, 2.45) is 4.99 Å². The van der Waals surface area contributed by atoms with Gasteiger partial charge in [-0.1, -0.05) is 53.8 Å². The molecule has 4 aromatic rings. The van der Waals surface area contributed by atoms with E-state index in [1.165, 1.54) is 29.0 Å². The Labute approximate surface area is 217 Å². The van der Waals surface area contributed by atoms with Gasteiger partial charge in [0.15, 0.2) is 16.3 Å². The van der Waals surface area contributed by atoms with E-state index < -0.39 is 0 Å². The van der Waals surface area contributed by atoms with Crippen molar-refractivity contribution in [3.8, 4) is 11.5 Å². The fourth-order valence-electron chi connectivity index (χ4n) is 5.17. The quantitative estimate of drug-likeness (QED) is 0.384. The summed E-state index contributed by atoms with van der Waals surface area (Å²) < 4.78 is 27.3. The van der Waals surface area contributed by atoms with Crippen LogP contribution in [0.1, 0.15) is 41.6 Å². The van der Waals surface area contributed by atoms with Crippen LogP contribution >= 0.6 is 11.3 Å². The van der Waals surface area contributed by atoms with Crippen LogP contribution in [-0.2, 0) is 6.42 Å². The SMILES string of the molecule is CCOc1cc(C=c2sc3n(c2=O)C(c2ccc(F)cc2)C2=C(N=3)c3ccccc3CC2)ccc1OC. The Morgan fingerprint density at radius 2 is 1.89 bits per heavy atom. The van der Waals surface area contributed by atoms with Gasteiger partial charge in [-0.3, -0.25) is 9.36 Å². The van der Waals surface area contributed by atoms with E-state index in [1.54, 1.807) is 23.8 Å². The van der Waals surface area contributed by atoms with Crippen LogP contribution in [0.4, 0.5) is 4.39 Å². The number of thiazole rings is 1. The van der Waals surface area contributed by atoms with E-state index >= 15 is 0 Å². The predicted octanol–water partition coefficient (Wildman–Crippen LogP) is 4.87. The largest absolute Gasteiger partial charge is 0.493 e. The summed E-state index contributed by atoms with van der Waals surface area (Å²) in [6.45, 7) is 2.42. The van der Waals surface area contributed by atoms with E-state index in [0.717, 1.165) is 40.8 Å². The van der Waals surface area contributed by atoms with Gasteiger partial charge in [-0.2, -0.15) is 0 Å². The van der Waals surface area contributed by atoms with Crippen molar-refractivity contribution in [2.45, 2.75) is 25.8 Å². The van der Waals surface area contributed by atoms with Gasteiger partial charge in [-0.05, 0) is 72.4 Å². The fraction of sp³-hybridized carbons (Fsp3) is 0.200. The van der Waals surface area contributed by atoms with Gasteiger partial charge >= 0.3 is 0 Å². The van der Waals surface area contributed by atoms with Crippen molar-refractivity contribution >= 4 is 23.1 Å².